The molecule has 9 nitrogen and oxygen atoms in total. The molecule has 0 atom stereocenters. The molecule has 3 aromatic rings. The summed E-state index contributed by atoms with van der Waals surface area (Å²) in [5, 5.41) is 13.8. The minimum Gasteiger partial charge on any atom is -0.353 e. The molecule has 11 heteroatoms. The molecule has 1 saturated heterocycles. The van der Waals surface area contributed by atoms with Crippen molar-refractivity contribution in [3.8, 4) is 0 Å². The summed E-state index contributed by atoms with van der Waals surface area (Å²) in [6, 6.07) is 7.10. The van der Waals surface area contributed by atoms with Gasteiger partial charge in [0.05, 0.1) is 15.2 Å². The number of hydrogen-bond donors (Lipinski definition) is 0. The molecule has 1 fully saturated rings. The van der Waals surface area contributed by atoms with Gasteiger partial charge in [0, 0.05) is 38.3 Å². The van der Waals surface area contributed by atoms with Crippen LogP contribution in [0.1, 0.15) is 0 Å². The molecule has 0 bridgehead atoms. The van der Waals surface area contributed by atoms with Crippen LogP contribution in [0.3, 0.4) is 0 Å². The lowest BCUT2D eigenvalue weighted by Crippen LogP contribution is -2.49. The van der Waals surface area contributed by atoms with Crippen molar-refractivity contribution in [1.29, 1.82) is 0 Å². The van der Waals surface area contributed by atoms with Gasteiger partial charge >= 0.3 is 0 Å². The molecule has 140 valence electrons. The molecule has 0 N–H and O–H groups in total. The van der Waals surface area contributed by atoms with Crippen LogP contribution in [-0.4, -0.2) is 53.8 Å². The van der Waals surface area contributed by atoms with E-state index in [2.05, 4.69) is 9.97 Å². The fraction of sp³-hybridized carbons (Fsp3) is 0.250. The first-order valence-corrected chi connectivity index (χ1v) is 10.5. The van der Waals surface area contributed by atoms with Crippen molar-refractivity contribution >= 4 is 43.1 Å². The minimum atomic E-state index is -3.78. The van der Waals surface area contributed by atoms with Crippen molar-refractivity contribution in [2.24, 2.45) is 0 Å². The van der Waals surface area contributed by atoms with Gasteiger partial charge in [-0.2, -0.15) is 4.31 Å². The van der Waals surface area contributed by atoms with E-state index in [0.29, 0.717) is 13.1 Å². The van der Waals surface area contributed by atoms with Gasteiger partial charge in [0.1, 0.15) is 17.0 Å². The van der Waals surface area contributed by atoms with Crippen molar-refractivity contribution in [2.75, 3.05) is 31.1 Å². The molecule has 2 aromatic heterocycles. The predicted octanol–water partition coefficient (Wildman–Crippen LogP) is 2.11. The van der Waals surface area contributed by atoms with E-state index >= 15 is 0 Å². The average Bonchev–Trinajstić information content (AvgIpc) is 3.17. The van der Waals surface area contributed by atoms with Crippen LogP contribution in [0.2, 0.25) is 0 Å². The molecule has 0 radical (unpaired) electrons. The van der Waals surface area contributed by atoms with Gasteiger partial charge in [-0.3, -0.25) is 10.1 Å². The highest BCUT2D eigenvalue weighted by molar-refractivity contribution is 7.89. The van der Waals surface area contributed by atoms with E-state index in [1.165, 1.54) is 40.2 Å². The minimum absolute atomic E-state index is 0.0626. The van der Waals surface area contributed by atoms with E-state index in [9.17, 15) is 18.5 Å². The number of fused-ring (bicyclic) bond motifs is 1. The number of aromatic nitrogens is 2. The second-order valence-corrected chi connectivity index (χ2v) is 8.81. The normalized spacial score (nSPS) is 15.9. The Morgan fingerprint density at radius 1 is 1.11 bits per heavy atom. The number of nitro benzene ring substituents is 1. The van der Waals surface area contributed by atoms with E-state index in [0.717, 1.165) is 22.1 Å². The molecule has 0 saturated carbocycles. The molecule has 0 spiro atoms. The third-order valence-electron chi connectivity index (χ3n) is 4.45. The number of benzene rings is 1. The van der Waals surface area contributed by atoms with Crippen LogP contribution in [-0.2, 0) is 10.0 Å². The van der Waals surface area contributed by atoms with Gasteiger partial charge in [-0.1, -0.05) is 6.07 Å². The maximum atomic E-state index is 12.8. The van der Waals surface area contributed by atoms with E-state index < -0.39 is 14.9 Å². The van der Waals surface area contributed by atoms with Crippen LogP contribution in [0, 0.1) is 10.1 Å². The number of sulfonamides is 1. The van der Waals surface area contributed by atoms with Crippen LogP contribution < -0.4 is 4.90 Å². The lowest BCUT2D eigenvalue weighted by Gasteiger charge is -2.34. The number of hydrogen-bond acceptors (Lipinski definition) is 8. The lowest BCUT2D eigenvalue weighted by molar-refractivity contribution is -0.385. The Morgan fingerprint density at radius 3 is 2.63 bits per heavy atom. The topological polar surface area (TPSA) is 110 Å². The van der Waals surface area contributed by atoms with Crippen LogP contribution in [0.25, 0.3) is 10.2 Å². The van der Waals surface area contributed by atoms with Crippen molar-refractivity contribution in [1.82, 2.24) is 14.3 Å². The summed E-state index contributed by atoms with van der Waals surface area (Å²) in [4.78, 5) is 21.8. The number of thiophene rings is 1. The molecule has 1 aromatic carbocycles. The summed E-state index contributed by atoms with van der Waals surface area (Å²) in [7, 11) is -3.78. The van der Waals surface area contributed by atoms with Gasteiger partial charge in [-0.05, 0) is 17.5 Å². The smallest absolute Gasteiger partial charge is 0.270 e. The molecular formula is C16H15N5O4S2. The fourth-order valence-electron chi connectivity index (χ4n) is 3.08. The van der Waals surface area contributed by atoms with Crippen molar-refractivity contribution in [3.05, 3.63) is 52.2 Å². The van der Waals surface area contributed by atoms with Crippen LogP contribution in [0.4, 0.5) is 11.5 Å². The predicted molar refractivity (Wildman–Crippen MR) is 101 cm³/mol. The highest BCUT2D eigenvalue weighted by atomic mass is 32.2. The summed E-state index contributed by atoms with van der Waals surface area (Å²) in [6.45, 7) is 1.52. The summed E-state index contributed by atoms with van der Waals surface area (Å²) >= 11 is 1.53. The van der Waals surface area contributed by atoms with Crippen molar-refractivity contribution < 1.29 is 13.3 Å². The summed E-state index contributed by atoms with van der Waals surface area (Å²) in [5.74, 6) is 0.800. The third-order valence-corrected chi connectivity index (χ3v) is 7.16. The van der Waals surface area contributed by atoms with Gasteiger partial charge in [-0.25, -0.2) is 18.4 Å². The van der Waals surface area contributed by atoms with Gasteiger partial charge in [-0.15, -0.1) is 11.3 Å². The summed E-state index contributed by atoms with van der Waals surface area (Å²) < 4.78 is 27.0. The number of nitrogens with zero attached hydrogens (tertiary/aromatic N) is 5. The maximum absolute atomic E-state index is 12.8. The Labute approximate surface area is 159 Å². The SMILES string of the molecule is O=[N+]([O-])c1cccc(S(=O)(=O)N2CCN(c3ncnc4sccc34)CC2)c1. The van der Waals surface area contributed by atoms with E-state index in [4.69, 9.17) is 0 Å². The zero-order valence-electron chi connectivity index (χ0n) is 14.1. The number of piperazine rings is 1. The van der Waals surface area contributed by atoms with Crippen LogP contribution >= 0.6 is 11.3 Å². The molecular weight excluding hydrogens is 390 g/mol. The second-order valence-electron chi connectivity index (χ2n) is 5.98. The molecule has 1 aliphatic rings. The highest BCUT2D eigenvalue weighted by Gasteiger charge is 2.30. The molecule has 0 unspecified atom stereocenters. The number of anilines is 1. The quantitative estimate of drug-likeness (QED) is 0.483. The number of nitro groups is 1. The second kappa shape index (κ2) is 6.83. The van der Waals surface area contributed by atoms with E-state index in [-0.39, 0.29) is 23.7 Å². The first-order valence-electron chi connectivity index (χ1n) is 8.14. The molecule has 0 amide bonds. The molecule has 3 heterocycles. The van der Waals surface area contributed by atoms with Crippen molar-refractivity contribution in [3.63, 3.8) is 0 Å². The Kier molecular flexibility index (Phi) is 4.50. The molecule has 4 rings (SSSR count). The molecule has 0 aliphatic carbocycles. The Morgan fingerprint density at radius 2 is 1.89 bits per heavy atom. The van der Waals surface area contributed by atoms with Crippen molar-refractivity contribution in [2.45, 2.75) is 4.90 Å². The first-order chi connectivity index (χ1) is 13.0. The Hall–Kier alpha value is -2.63. The monoisotopic (exact) mass is 405 g/mol. The summed E-state index contributed by atoms with van der Waals surface area (Å²) in [5.41, 5.74) is -0.240. The van der Waals surface area contributed by atoms with Gasteiger partial charge in [0.2, 0.25) is 10.0 Å². The molecule has 1 aliphatic heterocycles. The van der Waals surface area contributed by atoms with Gasteiger partial charge < -0.3 is 4.90 Å². The van der Waals surface area contributed by atoms with Crippen LogP contribution in [0.5, 0.6) is 0 Å². The Balaban J connectivity index is 1.54. The highest BCUT2D eigenvalue weighted by Crippen LogP contribution is 2.28. The van der Waals surface area contributed by atoms with E-state index in [1.807, 2.05) is 16.3 Å². The number of rotatable bonds is 4. The summed E-state index contributed by atoms with van der Waals surface area (Å²) in [6.07, 6.45) is 1.51. The fourth-order valence-corrected chi connectivity index (χ4v) is 5.27. The largest absolute Gasteiger partial charge is 0.353 e. The standard InChI is InChI=1S/C16H15N5O4S2/c22-21(23)12-2-1-3-13(10-12)27(24,25)20-7-5-19(6-8-20)15-14-4-9-26-16(14)18-11-17-15/h1-4,9-11H,5-8H2. The van der Waals surface area contributed by atoms with Gasteiger partial charge in [0.25, 0.3) is 5.69 Å². The average molecular weight is 405 g/mol. The maximum Gasteiger partial charge on any atom is 0.270 e. The number of non-ortho nitro benzene ring substituents is 1. The first kappa shape index (κ1) is 17.8. The Bertz CT molecular complexity index is 1110. The van der Waals surface area contributed by atoms with E-state index in [1.54, 1.807) is 0 Å². The van der Waals surface area contributed by atoms with Gasteiger partial charge in [0.15, 0.2) is 0 Å². The zero-order valence-corrected chi connectivity index (χ0v) is 15.7. The van der Waals surface area contributed by atoms with Crippen LogP contribution in [0.15, 0.2) is 46.9 Å². The molecule has 27 heavy (non-hydrogen) atoms. The third kappa shape index (κ3) is 3.24. The zero-order chi connectivity index (χ0) is 19.0. The lowest BCUT2D eigenvalue weighted by atomic mass is 10.3.